The molecule has 0 spiro atoms. The maximum absolute atomic E-state index is 10.9. The number of hydrogen-bond acceptors (Lipinski definition) is 3. The summed E-state index contributed by atoms with van der Waals surface area (Å²) < 4.78 is 0.951. The summed E-state index contributed by atoms with van der Waals surface area (Å²) in [7, 11) is 0. The highest BCUT2D eigenvalue weighted by atomic mass is 32.2. The fraction of sp³-hybridized carbons (Fsp3) is 0.111. The number of amides is 2. The second kappa shape index (κ2) is 5.26. The van der Waals surface area contributed by atoms with E-state index in [0.717, 1.165) is 21.8 Å². The molecule has 1 aromatic rings. The van der Waals surface area contributed by atoms with Crippen LogP contribution in [0.15, 0.2) is 30.3 Å². The molecule has 1 rings (SSSR count). The molecule has 80 valence electrons. The third-order valence-electron chi connectivity index (χ3n) is 1.62. The van der Waals surface area contributed by atoms with Crippen molar-refractivity contribution in [3.8, 4) is 0 Å². The number of nitrogens with two attached hydrogens (primary N) is 2. The van der Waals surface area contributed by atoms with Gasteiger partial charge in [-0.2, -0.15) is 0 Å². The van der Waals surface area contributed by atoms with Gasteiger partial charge < -0.3 is 11.5 Å². The number of carbonyl (C=O) groups is 1. The number of primary amides is 1. The molecule has 15 heavy (non-hydrogen) atoms. The van der Waals surface area contributed by atoms with Gasteiger partial charge in [-0.15, -0.1) is 0 Å². The maximum atomic E-state index is 10.9. The van der Waals surface area contributed by atoms with Crippen LogP contribution in [-0.4, -0.2) is 16.3 Å². The maximum Gasteiger partial charge on any atom is 0.331 e. The number of nitrogens with zero attached hydrogens (tertiary/aromatic N) is 1. The summed E-state index contributed by atoms with van der Waals surface area (Å²) in [5.41, 5.74) is 11.3. The zero-order valence-electron chi connectivity index (χ0n) is 8.01. The van der Waals surface area contributed by atoms with E-state index in [1.54, 1.807) is 0 Å². The van der Waals surface area contributed by atoms with Crippen LogP contribution in [0.2, 0.25) is 0 Å². The standard InChI is InChI=1S/C9H12N4OS/c10-8(11)13(9(12)14)15-6-7-4-2-1-3-5-7/h1-5H,6H2,(H3,10,11)(H2,12,14). The molecule has 6 heteroatoms. The summed E-state index contributed by atoms with van der Waals surface area (Å²) in [6.45, 7) is 0. The van der Waals surface area contributed by atoms with Crippen LogP contribution in [0.1, 0.15) is 5.56 Å². The first-order valence-corrected chi connectivity index (χ1v) is 5.16. The Morgan fingerprint density at radius 2 is 1.93 bits per heavy atom. The molecule has 0 unspecified atom stereocenters. The number of benzene rings is 1. The van der Waals surface area contributed by atoms with Crippen molar-refractivity contribution >= 4 is 23.9 Å². The lowest BCUT2D eigenvalue weighted by Gasteiger charge is -2.15. The van der Waals surface area contributed by atoms with Gasteiger partial charge in [0.05, 0.1) is 0 Å². The van der Waals surface area contributed by atoms with Crippen LogP contribution in [0.5, 0.6) is 0 Å². The first-order valence-electron chi connectivity index (χ1n) is 4.21. The Hall–Kier alpha value is -1.69. The summed E-state index contributed by atoms with van der Waals surface area (Å²) in [5.74, 6) is 0.187. The minimum atomic E-state index is -0.733. The fourth-order valence-corrected chi connectivity index (χ4v) is 1.70. The highest BCUT2D eigenvalue weighted by Crippen LogP contribution is 2.15. The predicted molar refractivity (Wildman–Crippen MR) is 61.1 cm³/mol. The lowest BCUT2D eigenvalue weighted by Crippen LogP contribution is -2.39. The summed E-state index contributed by atoms with van der Waals surface area (Å²) >= 11 is 1.10. The molecule has 0 fully saturated rings. The fourth-order valence-electron chi connectivity index (χ4n) is 0.965. The van der Waals surface area contributed by atoms with Gasteiger partial charge in [-0.05, 0) is 17.5 Å². The van der Waals surface area contributed by atoms with Gasteiger partial charge in [0.15, 0.2) is 0 Å². The normalized spacial score (nSPS) is 9.60. The zero-order chi connectivity index (χ0) is 11.3. The Labute approximate surface area is 92.1 Å². The first-order chi connectivity index (χ1) is 7.11. The van der Waals surface area contributed by atoms with E-state index >= 15 is 0 Å². The van der Waals surface area contributed by atoms with Crippen LogP contribution in [0, 0.1) is 5.41 Å². The van der Waals surface area contributed by atoms with E-state index in [2.05, 4.69) is 0 Å². The van der Waals surface area contributed by atoms with Gasteiger partial charge in [0.1, 0.15) is 0 Å². The smallest absolute Gasteiger partial charge is 0.331 e. The third-order valence-corrected chi connectivity index (χ3v) is 2.72. The molecular formula is C9H12N4OS. The second-order valence-corrected chi connectivity index (χ2v) is 3.69. The van der Waals surface area contributed by atoms with Crippen LogP contribution < -0.4 is 11.5 Å². The Morgan fingerprint density at radius 1 is 1.33 bits per heavy atom. The molecule has 0 aliphatic rings. The topological polar surface area (TPSA) is 96.2 Å². The van der Waals surface area contributed by atoms with Gasteiger partial charge >= 0.3 is 6.03 Å². The van der Waals surface area contributed by atoms with Crippen molar-refractivity contribution in [2.45, 2.75) is 5.75 Å². The van der Waals surface area contributed by atoms with Gasteiger partial charge in [-0.3, -0.25) is 5.41 Å². The molecule has 0 aromatic heterocycles. The highest BCUT2D eigenvalue weighted by Gasteiger charge is 2.13. The number of rotatable bonds is 3. The highest BCUT2D eigenvalue weighted by molar-refractivity contribution is 7.97. The number of guanidine groups is 1. The molecule has 0 bridgehead atoms. The van der Waals surface area contributed by atoms with Crippen LogP contribution in [0.4, 0.5) is 4.79 Å². The largest absolute Gasteiger partial charge is 0.369 e. The van der Waals surface area contributed by atoms with E-state index in [-0.39, 0.29) is 5.96 Å². The monoisotopic (exact) mass is 224 g/mol. The summed E-state index contributed by atoms with van der Waals surface area (Å²) in [4.78, 5) is 10.9. The van der Waals surface area contributed by atoms with Gasteiger partial charge in [0.25, 0.3) is 0 Å². The van der Waals surface area contributed by atoms with Gasteiger partial charge in [-0.1, -0.05) is 30.3 Å². The number of urea groups is 1. The molecule has 5 N–H and O–H groups in total. The number of nitrogens with one attached hydrogen (secondary N) is 1. The van der Waals surface area contributed by atoms with E-state index in [9.17, 15) is 4.79 Å². The van der Waals surface area contributed by atoms with Crippen LogP contribution in [0.3, 0.4) is 0 Å². The molecule has 0 saturated heterocycles. The van der Waals surface area contributed by atoms with Crippen LogP contribution in [0.25, 0.3) is 0 Å². The lowest BCUT2D eigenvalue weighted by atomic mass is 10.2. The lowest BCUT2D eigenvalue weighted by molar-refractivity contribution is 0.244. The van der Waals surface area contributed by atoms with Gasteiger partial charge in [-0.25, -0.2) is 9.10 Å². The molecule has 0 aliphatic carbocycles. The van der Waals surface area contributed by atoms with E-state index in [1.165, 1.54) is 0 Å². The number of hydrogen-bond donors (Lipinski definition) is 3. The SMILES string of the molecule is N=C(N)N(SCc1ccccc1)C(N)=O. The number of carbonyl (C=O) groups excluding carboxylic acids is 1. The molecule has 0 heterocycles. The van der Waals surface area contributed by atoms with Gasteiger partial charge in [0.2, 0.25) is 5.96 Å². The third kappa shape index (κ3) is 3.51. The summed E-state index contributed by atoms with van der Waals surface area (Å²) in [6, 6.07) is 8.82. The van der Waals surface area contributed by atoms with Crippen LogP contribution >= 0.6 is 11.9 Å². The van der Waals surface area contributed by atoms with Crippen molar-refractivity contribution in [3.63, 3.8) is 0 Å². The van der Waals surface area contributed by atoms with Crippen molar-refractivity contribution in [1.82, 2.24) is 4.31 Å². The van der Waals surface area contributed by atoms with E-state index < -0.39 is 6.03 Å². The average Bonchev–Trinajstić information content (AvgIpc) is 2.18. The van der Waals surface area contributed by atoms with E-state index in [4.69, 9.17) is 16.9 Å². The second-order valence-electron chi connectivity index (χ2n) is 2.78. The Bertz CT molecular complexity index is 340. The van der Waals surface area contributed by atoms with E-state index in [0.29, 0.717) is 5.75 Å². The van der Waals surface area contributed by atoms with Crippen molar-refractivity contribution < 1.29 is 4.79 Å². The molecule has 0 atom stereocenters. The summed E-state index contributed by atoms with van der Waals surface area (Å²) in [5, 5.41) is 7.13. The average molecular weight is 224 g/mol. The molecule has 5 nitrogen and oxygen atoms in total. The Kier molecular flexibility index (Phi) is 3.99. The quantitative estimate of drug-likeness (QED) is 0.407. The van der Waals surface area contributed by atoms with Crippen molar-refractivity contribution in [3.05, 3.63) is 35.9 Å². The Morgan fingerprint density at radius 3 is 2.40 bits per heavy atom. The minimum Gasteiger partial charge on any atom is -0.369 e. The van der Waals surface area contributed by atoms with Crippen molar-refractivity contribution in [2.75, 3.05) is 0 Å². The van der Waals surface area contributed by atoms with E-state index in [1.807, 2.05) is 30.3 Å². The van der Waals surface area contributed by atoms with Crippen molar-refractivity contribution in [1.29, 1.82) is 5.41 Å². The zero-order valence-corrected chi connectivity index (χ0v) is 8.83. The molecule has 0 radical (unpaired) electrons. The van der Waals surface area contributed by atoms with Gasteiger partial charge in [0, 0.05) is 5.75 Å². The molecule has 1 aromatic carbocycles. The molecule has 0 aliphatic heterocycles. The van der Waals surface area contributed by atoms with Crippen LogP contribution in [-0.2, 0) is 5.75 Å². The first kappa shape index (κ1) is 11.4. The predicted octanol–water partition coefficient (Wildman–Crippen LogP) is 1.11. The molecular weight excluding hydrogens is 212 g/mol. The summed E-state index contributed by atoms with van der Waals surface area (Å²) in [6.07, 6.45) is 0. The minimum absolute atomic E-state index is 0.358. The molecule has 2 amide bonds. The Balaban J connectivity index is 2.55. The molecule has 0 saturated carbocycles. The van der Waals surface area contributed by atoms with Crippen molar-refractivity contribution in [2.24, 2.45) is 11.5 Å².